The van der Waals surface area contributed by atoms with Crippen LogP contribution in [0.3, 0.4) is 0 Å². The Bertz CT molecular complexity index is 916. The molecule has 1 heterocycles. The van der Waals surface area contributed by atoms with E-state index in [1.54, 1.807) is 0 Å². The molecule has 1 saturated heterocycles. The zero-order valence-electron chi connectivity index (χ0n) is 15.7. The number of sulfonamides is 1. The lowest BCUT2D eigenvalue weighted by Gasteiger charge is -2.20. The van der Waals surface area contributed by atoms with Crippen molar-refractivity contribution in [1.82, 2.24) is 15.6 Å². The van der Waals surface area contributed by atoms with Gasteiger partial charge in [0.05, 0.1) is 23.1 Å². The van der Waals surface area contributed by atoms with Gasteiger partial charge in [0.1, 0.15) is 5.75 Å². The van der Waals surface area contributed by atoms with Gasteiger partial charge in [0.2, 0.25) is 10.0 Å². The van der Waals surface area contributed by atoms with Gasteiger partial charge in [0.25, 0.3) is 0 Å². The number of hydrogen-bond donors (Lipinski definition) is 3. The third-order valence-corrected chi connectivity index (χ3v) is 6.11. The quantitative estimate of drug-likeness (QED) is 0.631. The molecule has 1 aliphatic rings. The maximum absolute atomic E-state index is 12.7. The first-order valence-electron chi connectivity index (χ1n) is 9.09. The van der Waals surface area contributed by atoms with E-state index in [9.17, 15) is 21.6 Å². The summed E-state index contributed by atoms with van der Waals surface area (Å²) in [5.74, 6) is 0.666. The molecule has 0 spiro atoms. The Labute approximate surface area is 167 Å². The van der Waals surface area contributed by atoms with Gasteiger partial charge in [-0.05, 0) is 48.9 Å². The number of halogens is 3. The molecule has 0 bridgehead atoms. The highest BCUT2D eigenvalue weighted by Crippen LogP contribution is 2.30. The molecular weight excluding hydrogens is 407 g/mol. The molecule has 2 aromatic carbocycles. The van der Waals surface area contributed by atoms with Gasteiger partial charge in [-0.1, -0.05) is 12.1 Å². The van der Waals surface area contributed by atoms with E-state index in [0.717, 1.165) is 35.6 Å². The molecule has 6 nitrogen and oxygen atoms in total. The summed E-state index contributed by atoms with van der Waals surface area (Å²) in [7, 11) is -3.92. The van der Waals surface area contributed by atoms with Crippen molar-refractivity contribution in [2.75, 3.05) is 19.7 Å². The van der Waals surface area contributed by atoms with E-state index in [4.69, 9.17) is 4.74 Å². The highest BCUT2D eigenvalue weighted by Gasteiger charge is 2.32. The molecule has 0 aromatic heterocycles. The molecule has 1 aliphatic heterocycles. The molecule has 0 saturated carbocycles. The van der Waals surface area contributed by atoms with Crippen LogP contribution in [0.4, 0.5) is 13.2 Å². The fourth-order valence-corrected chi connectivity index (χ4v) is 4.24. The maximum atomic E-state index is 12.7. The van der Waals surface area contributed by atoms with Crippen LogP contribution in [0.15, 0.2) is 53.4 Å². The summed E-state index contributed by atoms with van der Waals surface area (Å²) in [6.45, 7) is 3.13. The topological polar surface area (TPSA) is 79.5 Å². The standard InChI is InChI=1S/C19H22F3N3O3S/c1-2-28-16-7-3-13(4-8-16)18-14(11-23-25-18)12-24-29(26,27)17-9-5-15(6-10-17)19(20,21)22/h3-10,14,18,23-25H,2,11-12H2,1H3. The lowest BCUT2D eigenvalue weighted by molar-refractivity contribution is -0.137. The second kappa shape index (κ2) is 8.70. The van der Waals surface area contributed by atoms with Crippen LogP contribution in [0, 0.1) is 5.92 Å². The van der Waals surface area contributed by atoms with Crippen LogP contribution in [0.5, 0.6) is 5.75 Å². The molecule has 0 amide bonds. The van der Waals surface area contributed by atoms with E-state index in [1.165, 1.54) is 0 Å². The Kier molecular flexibility index (Phi) is 6.47. The number of hydrogen-bond acceptors (Lipinski definition) is 5. The average molecular weight is 429 g/mol. The van der Waals surface area contributed by atoms with Crippen LogP contribution >= 0.6 is 0 Å². The fourth-order valence-electron chi connectivity index (χ4n) is 3.14. The Balaban J connectivity index is 1.66. The van der Waals surface area contributed by atoms with Gasteiger partial charge in [-0.25, -0.2) is 18.6 Å². The summed E-state index contributed by atoms with van der Waals surface area (Å²) in [6, 6.07) is 10.8. The van der Waals surface area contributed by atoms with Gasteiger partial charge in [0.15, 0.2) is 0 Å². The van der Waals surface area contributed by atoms with Crippen molar-refractivity contribution in [2.24, 2.45) is 5.92 Å². The van der Waals surface area contributed by atoms with Crippen LogP contribution in [-0.2, 0) is 16.2 Å². The van der Waals surface area contributed by atoms with Crippen LogP contribution in [0.2, 0.25) is 0 Å². The van der Waals surface area contributed by atoms with Crippen molar-refractivity contribution < 1.29 is 26.3 Å². The monoisotopic (exact) mass is 429 g/mol. The zero-order valence-corrected chi connectivity index (χ0v) is 16.5. The third kappa shape index (κ3) is 5.27. The molecule has 2 aromatic rings. The van der Waals surface area contributed by atoms with Crippen molar-refractivity contribution >= 4 is 10.0 Å². The third-order valence-electron chi connectivity index (χ3n) is 4.67. The largest absolute Gasteiger partial charge is 0.494 e. The second-order valence-electron chi connectivity index (χ2n) is 6.64. The van der Waals surface area contributed by atoms with E-state index in [0.29, 0.717) is 13.2 Å². The van der Waals surface area contributed by atoms with Gasteiger partial charge < -0.3 is 4.74 Å². The summed E-state index contributed by atoms with van der Waals surface area (Å²) < 4.78 is 70.8. The van der Waals surface area contributed by atoms with E-state index in [1.807, 2.05) is 31.2 Å². The molecule has 0 radical (unpaired) electrons. The molecule has 0 aliphatic carbocycles. The Morgan fingerprint density at radius 1 is 1.10 bits per heavy atom. The molecule has 158 valence electrons. The van der Waals surface area contributed by atoms with Crippen molar-refractivity contribution in [3.05, 3.63) is 59.7 Å². The average Bonchev–Trinajstić information content (AvgIpc) is 3.15. The zero-order chi connectivity index (χ0) is 21.1. The second-order valence-corrected chi connectivity index (χ2v) is 8.41. The van der Waals surface area contributed by atoms with E-state index in [2.05, 4.69) is 15.6 Å². The summed E-state index contributed by atoms with van der Waals surface area (Å²) >= 11 is 0. The van der Waals surface area contributed by atoms with Gasteiger partial charge in [-0.2, -0.15) is 13.2 Å². The van der Waals surface area contributed by atoms with Crippen molar-refractivity contribution in [3.63, 3.8) is 0 Å². The Morgan fingerprint density at radius 2 is 1.76 bits per heavy atom. The van der Waals surface area contributed by atoms with E-state index >= 15 is 0 Å². The number of nitrogens with one attached hydrogen (secondary N) is 3. The van der Waals surface area contributed by atoms with E-state index < -0.39 is 21.8 Å². The minimum Gasteiger partial charge on any atom is -0.494 e. The van der Waals surface area contributed by atoms with Crippen LogP contribution < -0.4 is 20.3 Å². The van der Waals surface area contributed by atoms with Gasteiger partial charge >= 0.3 is 6.18 Å². The van der Waals surface area contributed by atoms with Gasteiger partial charge in [0, 0.05) is 19.0 Å². The summed E-state index contributed by atoms with van der Waals surface area (Å²) in [5.41, 5.74) is 6.22. The molecule has 10 heteroatoms. The number of ether oxygens (including phenoxy) is 1. The van der Waals surface area contributed by atoms with Crippen molar-refractivity contribution in [1.29, 1.82) is 0 Å². The normalized spacial score (nSPS) is 20.0. The maximum Gasteiger partial charge on any atom is 0.416 e. The fraction of sp³-hybridized carbons (Fsp3) is 0.368. The highest BCUT2D eigenvalue weighted by atomic mass is 32.2. The van der Waals surface area contributed by atoms with Crippen molar-refractivity contribution in [3.8, 4) is 5.75 Å². The highest BCUT2D eigenvalue weighted by molar-refractivity contribution is 7.89. The molecule has 1 fully saturated rings. The number of alkyl halides is 3. The number of benzene rings is 2. The molecule has 2 atom stereocenters. The summed E-state index contributed by atoms with van der Waals surface area (Å²) in [5, 5.41) is 0. The lowest BCUT2D eigenvalue weighted by atomic mass is 9.95. The Hall–Kier alpha value is -2.14. The number of rotatable bonds is 7. The van der Waals surface area contributed by atoms with Crippen LogP contribution in [0.25, 0.3) is 0 Å². The van der Waals surface area contributed by atoms with E-state index in [-0.39, 0.29) is 23.4 Å². The molecule has 2 unspecified atom stereocenters. The lowest BCUT2D eigenvalue weighted by Crippen LogP contribution is -2.32. The molecular formula is C19H22F3N3O3S. The first kappa shape index (κ1) is 21.6. The minimum atomic E-state index is -4.51. The van der Waals surface area contributed by atoms with Gasteiger partial charge in [-0.15, -0.1) is 0 Å². The molecule has 3 N–H and O–H groups in total. The SMILES string of the molecule is CCOc1ccc(C2NNCC2CNS(=O)(=O)c2ccc(C(F)(F)F)cc2)cc1. The molecule has 3 rings (SSSR count). The van der Waals surface area contributed by atoms with Gasteiger partial charge in [-0.3, -0.25) is 5.43 Å². The first-order chi connectivity index (χ1) is 13.7. The van der Waals surface area contributed by atoms with Crippen LogP contribution in [-0.4, -0.2) is 28.1 Å². The van der Waals surface area contributed by atoms with Crippen molar-refractivity contribution in [2.45, 2.75) is 24.0 Å². The Morgan fingerprint density at radius 3 is 2.34 bits per heavy atom. The number of hydrazine groups is 1. The predicted molar refractivity (Wildman–Crippen MR) is 102 cm³/mol. The smallest absolute Gasteiger partial charge is 0.416 e. The van der Waals surface area contributed by atoms with Crippen LogP contribution in [0.1, 0.15) is 24.1 Å². The summed E-state index contributed by atoms with van der Waals surface area (Å²) in [4.78, 5) is -0.206. The minimum absolute atomic E-state index is 0.0860. The summed E-state index contributed by atoms with van der Waals surface area (Å²) in [6.07, 6.45) is -4.51. The first-order valence-corrected chi connectivity index (χ1v) is 10.6. The molecule has 29 heavy (non-hydrogen) atoms. The predicted octanol–water partition coefficient (Wildman–Crippen LogP) is 2.85.